The Morgan fingerprint density at radius 1 is 1.17 bits per heavy atom. The molecule has 2 amide bonds. The van der Waals surface area contributed by atoms with Gasteiger partial charge in [0, 0.05) is 30.6 Å². The Morgan fingerprint density at radius 2 is 1.92 bits per heavy atom. The predicted molar refractivity (Wildman–Crippen MR) is 94.1 cm³/mol. The van der Waals surface area contributed by atoms with Crippen LogP contribution in [-0.4, -0.2) is 18.4 Å². The molecule has 0 radical (unpaired) electrons. The molecule has 2 rings (SSSR count). The molecule has 4 nitrogen and oxygen atoms in total. The van der Waals surface area contributed by atoms with Crippen molar-refractivity contribution in [2.24, 2.45) is 0 Å². The van der Waals surface area contributed by atoms with E-state index in [1.807, 2.05) is 0 Å². The fourth-order valence-electron chi connectivity index (χ4n) is 2.14. The summed E-state index contributed by atoms with van der Waals surface area (Å²) in [5, 5.41) is 3.37. The predicted octanol–water partition coefficient (Wildman–Crippen LogP) is 4.51. The number of hydrogen-bond acceptors (Lipinski definition) is 2. The number of hydrogen-bond donors (Lipinski definition) is 1. The van der Waals surface area contributed by atoms with Gasteiger partial charge in [-0.1, -0.05) is 29.3 Å². The van der Waals surface area contributed by atoms with Gasteiger partial charge in [-0.25, -0.2) is 4.39 Å². The Balaban J connectivity index is 2.05. The number of rotatable bonds is 5. The zero-order chi connectivity index (χ0) is 17.7. The lowest BCUT2D eigenvalue weighted by Crippen LogP contribution is -2.32. The molecule has 0 aromatic heterocycles. The number of nitrogens with zero attached hydrogens (tertiary/aromatic N) is 1. The highest BCUT2D eigenvalue weighted by Gasteiger charge is 2.17. The standard InChI is InChI=1S/C17H15Cl2FN2O2/c1-11(23)22(16-9-12(18)5-6-15(16)19)8-7-17(24)21-14-4-2-3-13(20)10-14/h2-6,9-10H,7-8H2,1H3,(H,21,24). The molecule has 0 aliphatic carbocycles. The Bertz CT molecular complexity index is 768. The number of halogens is 3. The van der Waals surface area contributed by atoms with Crippen molar-refractivity contribution in [2.45, 2.75) is 13.3 Å². The van der Waals surface area contributed by atoms with Gasteiger partial charge in [-0.15, -0.1) is 0 Å². The van der Waals surface area contributed by atoms with Gasteiger partial charge in [0.1, 0.15) is 5.82 Å². The lowest BCUT2D eigenvalue weighted by molar-refractivity contribution is -0.117. The minimum atomic E-state index is -0.441. The highest BCUT2D eigenvalue weighted by atomic mass is 35.5. The zero-order valence-electron chi connectivity index (χ0n) is 12.9. The molecule has 0 saturated carbocycles. The van der Waals surface area contributed by atoms with Crippen LogP contribution >= 0.6 is 23.2 Å². The molecule has 0 heterocycles. The van der Waals surface area contributed by atoms with Crippen molar-refractivity contribution in [3.8, 4) is 0 Å². The molecular formula is C17H15Cl2FN2O2. The highest BCUT2D eigenvalue weighted by Crippen LogP contribution is 2.29. The lowest BCUT2D eigenvalue weighted by atomic mass is 10.2. The van der Waals surface area contributed by atoms with Gasteiger partial charge in [0.25, 0.3) is 0 Å². The van der Waals surface area contributed by atoms with Gasteiger partial charge >= 0.3 is 0 Å². The van der Waals surface area contributed by atoms with E-state index in [1.54, 1.807) is 24.3 Å². The van der Waals surface area contributed by atoms with Crippen molar-refractivity contribution in [1.29, 1.82) is 0 Å². The van der Waals surface area contributed by atoms with Gasteiger partial charge in [0.05, 0.1) is 10.7 Å². The van der Waals surface area contributed by atoms with E-state index in [-0.39, 0.29) is 24.8 Å². The van der Waals surface area contributed by atoms with Crippen molar-refractivity contribution in [3.05, 3.63) is 58.3 Å². The fourth-order valence-corrected chi connectivity index (χ4v) is 2.53. The third-order valence-corrected chi connectivity index (χ3v) is 3.80. The van der Waals surface area contributed by atoms with Crippen LogP contribution in [0.15, 0.2) is 42.5 Å². The number of amides is 2. The molecule has 24 heavy (non-hydrogen) atoms. The summed E-state index contributed by atoms with van der Waals surface area (Å²) in [6.07, 6.45) is 0.0267. The molecular weight excluding hydrogens is 354 g/mol. The molecule has 0 atom stereocenters. The third kappa shape index (κ3) is 4.94. The molecule has 0 saturated heterocycles. The molecule has 2 aromatic rings. The summed E-state index contributed by atoms with van der Waals surface area (Å²) >= 11 is 12.0. The van der Waals surface area contributed by atoms with Crippen LogP contribution in [0.25, 0.3) is 0 Å². The first-order chi connectivity index (χ1) is 11.4. The summed E-state index contributed by atoms with van der Waals surface area (Å²) in [6, 6.07) is 10.3. The lowest BCUT2D eigenvalue weighted by Gasteiger charge is -2.22. The van der Waals surface area contributed by atoms with Crippen molar-refractivity contribution < 1.29 is 14.0 Å². The summed E-state index contributed by atoms with van der Waals surface area (Å²) in [7, 11) is 0. The second-order valence-corrected chi connectivity index (χ2v) is 5.92. The maximum atomic E-state index is 13.1. The quantitative estimate of drug-likeness (QED) is 0.843. The van der Waals surface area contributed by atoms with Crippen molar-refractivity contribution in [3.63, 3.8) is 0 Å². The van der Waals surface area contributed by atoms with E-state index in [2.05, 4.69) is 5.32 Å². The van der Waals surface area contributed by atoms with E-state index in [1.165, 1.54) is 30.0 Å². The number of carbonyl (C=O) groups excluding carboxylic acids is 2. The van der Waals surface area contributed by atoms with Crippen LogP contribution in [0.3, 0.4) is 0 Å². The Kier molecular flexibility index (Phi) is 6.17. The van der Waals surface area contributed by atoms with E-state index < -0.39 is 5.82 Å². The normalized spacial score (nSPS) is 10.3. The second-order valence-electron chi connectivity index (χ2n) is 5.07. The van der Waals surface area contributed by atoms with Gasteiger partial charge in [-0.05, 0) is 36.4 Å². The van der Waals surface area contributed by atoms with Gasteiger partial charge in [-0.2, -0.15) is 0 Å². The van der Waals surface area contributed by atoms with E-state index in [0.717, 1.165) is 0 Å². The van der Waals surface area contributed by atoms with Crippen molar-refractivity contribution in [2.75, 3.05) is 16.8 Å². The van der Waals surface area contributed by atoms with E-state index in [9.17, 15) is 14.0 Å². The number of benzene rings is 2. The minimum Gasteiger partial charge on any atom is -0.326 e. The topological polar surface area (TPSA) is 49.4 Å². The molecule has 0 spiro atoms. The van der Waals surface area contributed by atoms with Gasteiger partial charge < -0.3 is 10.2 Å². The average molecular weight is 369 g/mol. The first-order valence-electron chi connectivity index (χ1n) is 7.15. The first-order valence-corrected chi connectivity index (χ1v) is 7.91. The van der Waals surface area contributed by atoms with Gasteiger partial charge in [-0.3, -0.25) is 9.59 Å². The maximum Gasteiger partial charge on any atom is 0.226 e. The Labute approximate surface area is 149 Å². The van der Waals surface area contributed by atoms with E-state index in [4.69, 9.17) is 23.2 Å². The van der Waals surface area contributed by atoms with Crippen LogP contribution in [0.2, 0.25) is 10.0 Å². The minimum absolute atomic E-state index is 0.0267. The number of nitrogens with one attached hydrogen (secondary N) is 1. The van der Waals surface area contributed by atoms with Crippen molar-refractivity contribution >= 4 is 46.4 Å². The number of anilines is 2. The molecule has 7 heteroatoms. The third-order valence-electron chi connectivity index (χ3n) is 3.25. The van der Waals surface area contributed by atoms with Crippen LogP contribution in [0.4, 0.5) is 15.8 Å². The SMILES string of the molecule is CC(=O)N(CCC(=O)Nc1cccc(F)c1)c1cc(Cl)ccc1Cl. The van der Waals surface area contributed by atoms with Crippen LogP contribution in [0.5, 0.6) is 0 Å². The highest BCUT2D eigenvalue weighted by molar-refractivity contribution is 6.35. The van der Waals surface area contributed by atoms with Gasteiger partial charge in [0.15, 0.2) is 0 Å². The van der Waals surface area contributed by atoms with Gasteiger partial charge in [0.2, 0.25) is 11.8 Å². The first kappa shape index (κ1) is 18.2. The monoisotopic (exact) mass is 368 g/mol. The maximum absolute atomic E-state index is 13.1. The molecule has 0 unspecified atom stereocenters. The molecule has 1 N–H and O–H groups in total. The summed E-state index contributed by atoms with van der Waals surface area (Å²) in [5.41, 5.74) is 0.797. The van der Waals surface area contributed by atoms with E-state index in [0.29, 0.717) is 21.4 Å². The molecule has 0 aliphatic rings. The summed E-state index contributed by atoms with van der Waals surface area (Å²) < 4.78 is 13.1. The second kappa shape index (κ2) is 8.13. The largest absolute Gasteiger partial charge is 0.326 e. The molecule has 0 fully saturated rings. The summed E-state index contributed by atoms with van der Waals surface area (Å²) in [5.74, 6) is -1.05. The smallest absolute Gasteiger partial charge is 0.226 e. The summed E-state index contributed by atoms with van der Waals surface area (Å²) in [4.78, 5) is 25.2. The Hall–Kier alpha value is -2.11. The average Bonchev–Trinajstić information content (AvgIpc) is 2.50. The number of carbonyl (C=O) groups is 2. The zero-order valence-corrected chi connectivity index (χ0v) is 14.4. The summed E-state index contributed by atoms with van der Waals surface area (Å²) in [6.45, 7) is 1.50. The van der Waals surface area contributed by atoms with Crippen LogP contribution in [-0.2, 0) is 9.59 Å². The molecule has 0 bridgehead atoms. The van der Waals surface area contributed by atoms with Crippen molar-refractivity contribution in [1.82, 2.24) is 0 Å². The van der Waals surface area contributed by atoms with E-state index >= 15 is 0 Å². The molecule has 2 aromatic carbocycles. The van der Waals surface area contributed by atoms with Crippen LogP contribution in [0, 0.1) is 5.82 Å². The molecule has 126 valence electrons. The van der Waals surface area contributed by atoms with Crippen LogP contribution in [0.1, 0.15) is 13.3 Å². The van der Waals surface area contributed by atoms with Crippen LogP contribution < -0.4 is 10.2 Å². The molecule has 0 aliphatic heterocycles. The Morgan fingerprint density at radius 3 is 2.58 bits per heavy atom. The fraction of sp³-hybridized carbons (Fsp3) is 0.176.